The van der Waals surface area contributed by atoms with Gasteiger partial charge in [-0.05, 0) is 55.7 Å². The van der Waals surface area contributed by atoms with Crippen molar-refractivity contribution in [2.75, 3.05) is 20.5 Å². The van der Waals surface area contributed by atoms with E-state index in [1.54, 1.807) is 20.3 Å². The molecule has 1 aromatic carbocycles. The number of hydrogen-bond acceptors (Lipinski definition) is 4. The van der Waals surface area contributed by atoms with E-state index in [2.05, 4.69) is 11.2 Å². The van der Waals surface area contributed by atoms with Crippen molar-refractivity contribution in [1.82, 2.24) is 4.90 Å². The Labute approximate surface area is 148 Å². The third-order valence-electron chi connectivity index (χ3n) is 5.10. The monoisotopic (exact) mass is 347 g/mol. The first kappa shape index (κ1) is 17.2. The number of carbonyl (C=O) groups excluding carboxylic acids is 1. The summed E-state index contributed by atoms with van der Waals surface area (Å²) in [5.41, 5.74) is 0.937. The van der Waals surface area contributed by atoms with Gasteiger partial charge in [0.15, 0.2) is 11.5 Å². The predicted molar refractivity (Wildman–Crippen MR) is 98.8 cm³/mol. The van der Waals surface area contributed by atoms with Gasteiger partial charge in [0.2, 0.25) is 5.91 Å². The van der Waals surface area contributed by atoms with Crippen LogP contribution in [0.15, 0.2) is 24.3 Å². The van der Waals surface area contributed by atoms with E-state index in [1.807, 2.05) is 36.0 Å². The molecule has 2 saturated heterocycles. The zero-order chi connectivity index (χ0) is 17.1. The van der Waals surface area contributed by atoms with Gasteiger partial charge in [-0.15, -0.1) is 0 Å². The van der Waals surface area contributed by atoms with Crippen molar-refractivity contribution < 1.29 is 14.3 Å². The fraction of sp³-hybridized carbons (Fsp3) is 0.526. The van der Waals surface area contributed by atoms with Crippen LogP contribution in [0.5, 0.6) is 11.5 Å². The van der Waals surface area contributed by atoms with Gasteiger partial charge in [0, 0.05) is 23.4 Å². The molecule has 2 atom stereocenters. The van der Waals surface area contributed by atoms with Gasteiger partial charge in [0.05, 0.1) is 14.2 Å². The van der Waals surface area contributed by atoms with Gasteiger partial charge in [-0.25, -0.2) is 0 Å². The van der Waals surface area contributed by atoms with Crippen molar-refractivity contribution in [3.05, 3.63) is 29.8 Å². The lowest BCUT2D eigenvalue weighted by Gasteiger charge is -2.37. The lowest BCUT2D eigenvalue weighted by molar-refractivity contribution is -0.129. The fourth-order valence-corrected chi connectivity index (χ4v) is 4.72. The van der Waals surface area contributed by atoms with E-state index in [0.717, 1.165) is 31.2 Å². The van der Waals surface area contributed by atoms with Crippen LogP contribution in [-0.2, 0) is 4.79 Å². The molecule has 2 bridgehead atoms. The summed E-state index contributed by atoms with van der Waals surface area (Å²) < 4.78 is 10.6. The van der Waals surface area contributed by atoms with Crippen molar-refractivity contribution in [3.8, 4) is 11.5 Å². The van der Waals surface area contributed by atoms with Crippen LogP contribution >= 0.6 is 11.8 Å². The SMILES string of the molecule is COc1ccc(C=CC(=O)N2C3CCC2CC(SC)C3)cc1OC. The molecule has 0 spiro atoms. The van der Waals surface area contributed by atoms with Crippen molar-refractivity contribution in [3.63, 3.8) is 0 Å². The number of amides is 1. The van der Waals surface area contributed by atoms with E-state index < -0.39 is 0 Å². The third kappa shape index (κ3) is 3.41. The maximum absolute atomic E-state index is 12.7. The number of thioether (sulfide) groups is 1. The Kier molecular flexibility index (Phi) is 5.39. The zero-order valence-electron chi connectivity index (χ0n) is 14.5. The van der Waals surface area contributed by atoms with Crippen LogP contribution in [0, 0.1) is 0 Å². The summed E-state index contributed by atoms with van der Waals surface area (Å²) in [4.78, 5) is 14.8. The zero-order valence-corrected chi connectivity index (χ0v) is 15.3. The molecule has 0 saturated carbocycles. The first-order valence-corrected chi connectivity index (χ1v) is 9.70. The molecule has 2 aliphatic heterocycles. The lowest BCUT2D eigenvalue weighted by atomic mass is 10.0. The molecule has 0 N–H and O–H groups in total. The maximum atomic E-state index is 12.7. The Hall–Kier alpha value is -1.62. The second-order valence-electron chi connectivity index (χ2n) is 6.41. The van der Waals surface area contributed by atoms with Crippen LogP contribution in [0.1, 0.15) is 31.2 Å². The summed E-state index contributed by atoms with van der Waals surface area (Å²) in [6.45, 7) is 0. The number of hydrogen-bond donors (Lipinski definition) is 0. The molecule has 0 radical (unpaired) electrons. The third-order valence-corrected chi connectivity index (χ3v) is 6.16. The molecule has 24 heavy (non-hydrogen) atoms. The molecular formula is C19H25NO3S. The maximum Gasteiger partial charge on any atom is 0.247 e. The summed E-state index contributed by atoms with van der Waals surface area (Å²) in [6, 6.07) is 6.51. The minimum atomic E-state index is 0.136. The molecule has 0 aromatic heterocycles. The van der Waals surface area contributed by atoms with E-state index in [1.165, 1.54) is 0 Å². The van der Waals surface area contributed by atoms with Gasteiger partial charge in [0.1, 0.15) is 0 Å². The van der Waals surface area contributed by atoms with Crippen LogP contribution in [0.25, 0.3) is 6.08 Å². The topological polar surface area (TPSA) is 38.8 Å². The number of ether oxygens (including phenoxy) is 2. The highest BCUT2D eigenvalue weighted by atomic mass is 32.2. The van der Waals surface area contributed by atoms with Crippen molar-refractivity contribution >= 4 is 23.7 Å². The Morgan fingerprint density at radius 1 is 1.17 bits per heavy atom. The van der Waals surface area contributed by atoms with Crippen LogP contribution in [-0.4, -0.2) is 48.6 Å². The number of nitrogens with zero attached hydrogens (tertiary/aromatic N) is 1. The highest BCUT2D eigenvalue weighted by Crippen LogP contribution is 2.39. The highest BCUT2D eigenvalue weighted by molar-refractivity contribution is 7.99. The normalized spacial score (nSPS) is 26.0. The van der Waals surface area contributed by atoms with Crippen LogP contribution in [0.2, 0.25) is 0 Å². The molecule has 4 nitrogen and oxygen atoms in total. The second kappa shape index (κ2) is 7.51. The fourth-order valence-electron chi connectivity index (χ4n) is 3.89. The summed E-state index contributed by atoms with van der Waals surface area (Å²) in [6.07, 6.45) is 10.3. The van der Waals surface area contributed by atoms with Gasteiger partial charge in [-0.1, -0.05) is 6.07 Å². The minimum Gasteiger partial charge on any atom is -0.493 e. The van der Waals surface area contributed by atoms with Crippen molar-refractivity contribution in [2.45, 2.75) is 43.0 Å². The molecular weight excluding hydrogens is 322 g/mol. The molecule has 2 unspecified atom stereocenters. The largest absolute Gasteiger partial charge is 0.493 e. The van der Waals surface area contributed by atoms with Gasteiger partial charge in [-0.3, -0.25) is 4.79 Å². The van der Waals surface area contributed by atoms with Crippen molar-refractivity contribution in [2.24, 2.45) is 0 Å². The van der Waals surface area contributed by atoms with Crippen LogP contribution in [0.4, 0.5) is 0 Å². The lowest BCUT2D eigenvalue weighted by Crippen LogP contribution is -2.46. The van der Waals surface area contributed by atoms with E-state index >= 15 is 0 Å². The first-order chi connectivity index (χ1) is 11.7. The number of methoxy groups -OCH3 is 2. The Morgan fingerprint density at radius 3 is 2.42 bits per heavy atom. The minimum absolute atomic E-state index is 0.136. The number of carbonyl (C=O) groups is 1. The Balaban J connectivity index is 1.70. The predicted octanol–water partition coefficient (Wildman–Crippen LogP) is 3.60. The number of fused-ring (bicyclic) bond motifs is 2. The molecule has 5 heteroatoms. The molecule has 2 heterocycles. The van der Waals surface area contributed by atoms with E-state index in [0.29, 0.717) is 28.8 Å². The summed E-state index contributed by atoms with van der Waals surface area (Å²) in [5.74, 6) is 1.50. The van der Waals surface area contributed by atoms with E-state index in [-0.39, 0.29) is 5.91 Å². The standard InChI is InChI=1S/C19H25NO3S/c1-22-17-8-4-13(10-18(17)23-2)5-9-19(21)20-14-6-7-15(20)12-16(11-14)24-3/h4-5,8-10,14-16H,6-7,11-12H2,1-3H3. The van der Waals surface area contributed by atoms with E-state index in [4.69, 9.17) is 9.47 Å². The molecule has 0 aliphatic carbocycles. The first-order valence-electron chi connectivity index (χ1n) is 8.41. The van der Waals surface area contributed by atoms with Gasteiger partial charge in [0.25, 0.3) is 0 Å². The average molecular weight is 347 g/mol. The molecule has 1 amide bonds. The Morgan fingerprint density at radius 2 is 1.83 bits per heavy atom. The number of rotatable bonds is 5. The van der Waals surface area contributed by atoms with Gasteiger partial charge < -0.3 is 14.4 Å². The second-order valence-corrected chi connectivity index (χ2v) is 7.55. The number of benzene rings is 1. The average Bonchev–Trinajstić information content (AvgIpc) is 2.89. The molecule has 2 fully saturated rings. The molecule has 3 rings (SSSR count). The molecule has 1 aromatic rings. The van der Waals surface area contributed by atoms with Gasteiger partial charge >= 0.3 is 0 Å². The highest BCUT2D eigenvalue weighted by Gasteiger charge is 2.42. The summed E-state index contributed by atoms with van der Waals surface area (Å²) in [7, 11) is 3.23. The summed E-state index contributed by atoms with van der Waals surface area (Å²) >= 11 is 1.94. The quantitative estimate of drug-likeness (QED) is 0.763. The Bertz CT molecular complexity index is 617. The summed E-state index contributed by atoms with van der Waals surface area (Å²) in [5, 5.41) is 0.710. The van der Waals surface area contributed by atoms with E-state index in [9.17, 15) is 4.79 Å². The molecule has 130 valence electrons. The van der Waals surface area contributed by atoms with Gasteiger partial charge in [-0.2, -0.15) is 11.8 Å². The number of piperidine rings is 1. The van der Waals surface area contributed by atoms with Crippen LogP contribution in [0.3, 0.4) is 0 Å². The van der Waals surface area contributed by atoms with Crippen molar-refractivity contribution in [1.29, 1.82) is 0 Å². The molecule has 2 aliphatic rings. The van der Waals surface area contributed by atoms with Crippen LogP contribution < -0.4 is 9.47 Å². The smallest absolute Gasteiger partial charge is 0.247 e.